The zero-order valence-corrected chi connectivity index (χ0v) is 74.4. The first-order chi connectivity index (χ1) is 63.0. The summed E-state index contributed by atoms with van der Waals surface area (Å²) in [5, 5.41) is 59.5. The number of rotatable bonds is 16. The predicted octanol–water partition coefficient (Wildman–Crippen LogP) is 21.9. The number of aromatic nitrogens is 6. The molecule has 2 N–H and O–H groups in total. The Balaban J connectivity index is 0.000000394. The van der Waals surface area contributed by atoms with Crippen LogP contribution in [-0.4, -0.2) is 77.7 Å². The molecule has 6 aromatic heterocycles. The number of hydrogen-bond acceptors (Lipinski definition) is 8. The third-order valence-electron chi connectivity index (χ3n) is 24.4. The summed E-state index contributed by atoms with van der Waals surface area (Å²) in [6.45, 7) is 0. The Morgan fingerprint density at radius 2 is 0.519 bits per heavy atom. The molecule has 0 atom stereocenters. The zero-order chi connectivity index (χ0) is 87.2. The summed E-state index contributed by atoms with van der Waals surface area (Å²) < 4.78 is 4.89. The van der Waals surface area contributed by atoms with E-state index in [1.165, 1.54) is 132 Å². The molecule has 22 rings (SSSR count). The summed E-state index contributed by atoms with van der Waals surface area (Å²) in [5.74, 6) is -2.15. The fraction of sp³-hybridized carbons (Fsp3) is 0. The van der Waals surface area contributed by atoms with Crippen molar-refractivity contribution in [3.05, 3.63) is 459 Å². The van der Waals surface area contributed by atoms with Gasteiger partial charge in [0.25, 0.3) is 0 Å². The molecular weight excluding hydrogens is 1740 g/mol. The standard InChI is InChI=1S/C98H66N4Si2.C12H8N2O4.2CNS.Ru/c1-7-29-73(30-8-1)103(74-31-9-2-10-32-74,75-33-11-3-12-34-75)79-53-47-67(48-54-79)69-51-57-93-87(59-69)89-63-91(99-65-97(89)101(93)95-61-71-27-19-21-41-81(71)83-43-23-25-45-85(83)95)92-64-90-88-60-70(52-58-94(88)102(98(90)66-100-92)96-62-72-28-20-22-42-82(72)84-44-24-26-46-86(84)96)68-49-55-80(56-50-68)104(76-35-13-4-14-36-76,77-37-15-5-16-38-77)78-39-17-6-18-40-78;15-11(16)7-1-3-13-9(5-7)10-6-8(12(17)18)2-4-14-10;2*2-1-3;/h1-66H;1-6H,(H,15,16)(H,17,18);;;/q;;2*-1;+2. The number of thiocarbonyl (C=S) groups is 2. The van der Waals surface area contributed by atoms with Crippen molar-refractivity contribution in [1.29, 1.82) is 0 Å². The van der Waals surface area contributed by atoms with Gasteiger partial charge in [-0.2, -0.15) is 10.3 Å². The van der Waals surface area contributed by atoms with Gasteiger partial charge in [-0.25, -0.2) is 9.59 Å². The molecule has 0 aliphatic rings. The van der Waals surface area contributed by atoms with Crippen LogP contribution in [0, 0.1) is 0 Å². The van der Waals surface area contributed by atoms with Crippen LogP contribution in [0.2, 0.25) is 0 Å². The molecule has 0 fully saturated rings. The van der Waals surface area contributed by atoms with E-state index in [-0.39, 0.29) is 30.6 Å². The summed E-state index contributed by atoms with van der Waals surface area (Å²) in [5.41, 5.74) is 13.4. The molecule has 0 spiro atoms. The van der Waals surface area contributed by atoms with Gasteiger partial charge in [0.15, 0.2) is 16.1 Å². The Morgan fingerprint density at radius 3 is 0.829 bits per heavy atom. The van der Waals surface area contributed by atoms with Gasteiger partial charge in [-0.05, 0) is 169 Å². The summed E-state index contributed by atoms with van der Waals surface area (Å²) in [6, 6.07) is 150. The number of pyridine rings is 4. The Morgan fingerprint density at radius 1 is 0.264 bits per heavy atom. The number of carbonyl (C=O) groups is 2. The second-order valence-corrected chi connectivity index (χ2v) is 39.1. The summed E-state index contributed by atoms with van der Waals surface area (Å²) in [4.78, 5) is 40.6. The maximum Gasteiger partial charge on any atom is 2.00 e. The van der Waals surface area contributed by atoms with Crippen LogP contribution in [0.3, 0.4) is 0 Å². The van der Waals surface area contributed by atoms with Crippen molar-refractivity contribution < 1.29 is 39.3 Å². The van der Waals surface area contributed by atoms with Crippen LogP contribution in [0.1, 0.15) is 20.7 Å². The van der Waals surface area contributed by atoms with Crippen molar-refractivity contribution in [3.63, 3.8) is 0 Å². The van der Waals surface area contributed by atoms with Crippen LogP contribution in [0.15, 0.2) is 437 Å². The summed E-state index contributed by atoms with van der Waals surface area (Å²) in [7, 11) is -5.52. The van der Waals surface area contributed by atoms with Gasteiger partial charge >= 0.3 is 31.4 Å². The van der Waals surface area contributed by atoms with Crippen molar-refractivity contribution in [2.75, 3.05) is 0 Å². The molecule has 6 heterocycles. The number of hydrogen-bond donors (Lipinski definition) is 2. The Kier molecular flexibility index (Phi) is 24.1. The maximum atomic E-state index is 10.8. The van der Waals surface area contributed by atoms with E-state index in [1.54, 1.807) is 0 Å². The Hall–Kier alpha value is -15.6. The number of carboxylic acid groups (broad SMARTS) is 2. The molecule has 0 saturated carbocycles. The first kappa shape index (κ1) is 84.2. The summed E-state index contributed by atoms with van der Waals surface area (Å²) in [6.07, 6.45) is 6.86. The smallest absolute Gasteiger partial charge is 0.753 e. The topological polar surface area (TPSA) is 181 Å². The minimum absolute atomic E-state index is 0. The van der Waals surface area contributed by atoms with Gasteiger partial charge in [0, 0.05) is 44.7 Å². The van der Waals surface area contributed by atoms with E-state index in [0.29, 0.717) is 11.4 Å². The van der Waals surface area contributed by atoms with Gasteiger partial charge in [-0.3, -0.25) is 19.9 Å². The van der Waals surface area contributed by atoms with Crippen LogP contribution in [-0.2, 0) is 19.5 Å². The van der Waals surface area contributed by atoms with Crippen molar-refractivity contribution in [2.24, 2.45) is 0 Å². The number of carboxylic acids is 2. The average molecular weight is 1820 g/mol. The van der Waals surface area contributed by atoms with E-state index in [4.69, 9.17) is 31.0 Å². The Bertz CT molecular complexity index is 7400. The number of isothiocyanates is 2. The third kappa shape index (κ3) is 15.6. The van der Waals surface area contributed by atoms with Crippen molar-refractivity contribution in [3.8, 4) is 56.4 Å². The average Bonchev–Trinajstić information content (AvgIpc) is 1.59. The molecule has 0 aliphatic carbocycles. The van der Waals surface area contributed by atoms with Gasteiger partial charge < -0.3 is 30.2 Å². The molecule has 0 aliphatic heterocycles. The quantitative estimate of drug-likeness (QED) is 0.0311. The minimum Gasteiger partial charge on any atom is -0.753 e. The SMILES string of the molecule is O=C(O)c1ccnc(-c2cc(C(=O)O)ccn2)c1.[N-]=C=S.[N-]=C=S.[Ru+2].c1ccc([Si](c2ccccc2)(c2ccccc2)c2ccc(-c3ccc4c(c3)c3cc(-c5cc6c7cc(-c8ccc([Si](c9ccccc9)(c9ccccc9)c9ccccc9)cc8)ccc7n(-c7cc8ccccc8c8ccccc78)c6cn5)ncc3n4-c3cc4ccccc4c4ccccc34)cc2)cc1. The molecule has 0 radical (unpaired) electrons. The molecule has 12 nitrogen and oxygen atoms in total. The molecule has 0 saturated heterocycles. The van der Waals surface area contributed by atoms with E-state index in [9.17, 15) is 9.59 Å². The van der Waals surface area contributed by atoms with E-state index >= 15 is 0 Å². The summed E-state index contributed by atoms with van der Waals surface area (Å²) >= 11 is 7.40. The van der Waals surface area contributed by atoms with E-state index in [1.807, 2.05) is 0 Å². The van der Waals surface area contributed by atoms with Gasteiger partial charge in [0.2, 0.25) is 0 Å². The van der Waals surface area contributed by atoms with Gasteiger partial charge in [0.1, 0.15) is 0 Å². The largest absolute Gasteiger partial charge is 2.00 e. The monoisotopic (exact) mass is 1820 g/mol. The number of benzene rings is 16. The molecule has 129 heavy (non-hydrogen) atoms. The first-order valence-electron chi connectivity index (χ1n) is 41.7. The third-order valence-corrected chi connectivity index (χ3v) is 34.0. The molecule has 0 amide bonds. The molecule has 614 valence electrons. The van der Waals surface area contributed by atoms with Gasteiger partial charge in [-0.1, -0.05) is 364 Å². The Labute approximate surface area is 768 Å². The second-order valence-electron chi connectivity index (χ2n) is 31.1. The molecular formula is C112H74N8O4RuS2Si2. The second kappa shape index (κ2) is 36.9. The predicted molar refractivity (Wildman–Crippen MR) is 538 cm³/mol. The van der Waals surface area contributed by atoms with E-state index in [2.05, 4.69) is 444 Å². The van der Waals surface area contributed by atoms with E-state index < -0.39 is 28.1 Å². The molecule has 16 aromatic carbocycles. The van der Waals surface area contributed by atoms with Crippen LogP contribution in [0.4, 0.5) is 0 Å². The van der Waals surface area contributed by atoms with Crippen LogP contribution in [0.5, 0.6) is 0 Å². The zero-order valence-electron chi connectivity index (χ0n) is 69.0. The number of fused-ring (bicyclic) bond motifs is 12. The number of nitrogens with zero attached hydrogens (tertiary/aromatic N) is 8. The normalized spacial score (nSPS) is 11.2. The molecule has 22 aromatic rings. The van der Waals surface area contributed by atoms with E-state index in [0.717, 1.165) is 88.6 Å². The minimum atomic E-state index is -2.76. The fourth-order valence-electron chi connectivity index (χ4n) is 18.8. The van der Waals surface area contributed by atoms with Gasteiger partial charge in [-0.15, -0.1) is 0 Å². The van der Waals surface area contributed by atoms with Crippen molar-refractivity contribution in [2.45, 2.75) is 0 Å². The first-order valence-corrected chi connectivity index (χ1v) is 46.5. The molecule has 17 heteroatoms. The number of aromatic carboxylic acids is 2. The van der Waals surface area contributed by atoms with Crippen LogP contribution in [0.25, 0.3) is 154 Å². The van der Waals surface area contributed by atoms with Crippen molar-refractivity contribution in [1.82, 2.24) is 29.1 Å². The maximum absolute atomic E-state index is 10.8. The molecule has 0 unspecified atom stereocenters. The molecule has 0 bridgehead atoms. The fourth-order valence-corrected chi connectivity index (χ4v) is 28.3. The van der Waals surface area contributed by atoms with Crippen LogP contribution < -0.4 is 41.5 Å². The van der Waals surface area contributed by atoms with Gasteiger partial charge in [0.05, 0.1) is 79.7 Å². The van der Waals surface area contributed by atoms with Crippen molar-refractivity contribution >= 4 is 191 Å². The van der Waals surface area contributed by atoms with Crippen LogP contribution >= 0.6 is 24.4 Å².